The summed E-state index contributed by atoms with van der Waals surface area (Å²) in [4.78, 5) is 7.24. The second-order valence-electron chi connectivity index (χ2n) is 7.86. The molecule has 0 spiro atoms. The van der Waals surface area contributed by atoms with E-state index in [1.165, 1.54) is 5.56 Å². The molecule has 0 aromatic heterocycles. The summed E-state index contributed by atoms with van der Waals surface area (Å²) in [5, 5.41) is 17.0. The Hall–Kier alpha value is -2.00. The molecule has 2 unspecified atom stereocenters. The van der Waals surface area contributed by atoms with Crippen molar-refractivity contribution in [2.45, 2.75) is 51.9 Å². The van der Waals surface area contributed by atoms with Gasteiger partial charge >= 0.3 is 0 Å². The molecular weight excluding hydrogens is 503 g/mol. The first-order chi connectivity index (χ1) is 14.6. The van der Waals surface area contributed by atoms with E-state index < -0.39 is 0 Å². The molecule has 1 fully saturated rings. The number of nitrogens with one attached hydrogen (secondary N) is 2. The highest BCUT2D eigenvalue weighted by Crippen LogP contribution is 2.24. The number of likely N-dealkylation sites (tertiary alicyclic amines) is 1. The van der Waals surface area contributed by atoms with Gasteiger partial charge in [0.1, 0.15) is 11.5 Å². The molecule has 0 aliphatic carbocycles. The summed E-state index contributed by atoms with van der Waals surface area (Å²) in [5.41, 5.74) is 2.11. The number of rotatable bonds is 7. The molecule has 3 rings (SSSR count). The van der Waals surface area contributed by atoms with Crippen LogP contribution in [0.1, 0.15) is 37.8 Å². The summed E-state index contributed by atoms with van der Waals surface area (Å²) in [6.07, 6.45) is 2.15. The smallest absolute Gasteiger partial charge is 0.191 e. The number of piperidine rings is 1. The minimum Gasteiger partial charge on any atom is -0.508 e. The molecule has 1 heterocycles. The van der Waals surface area contributed by atoms with E-state index in [2.05, 4.69) is 59.7 Å². The van der Waals surface area contributed by atoms with Crippen LogP contribution in [-0.2, 0) is 13.1 Å². The van der Waals surface area contributed by atoms with Gasteiger partial charge in [0.15, 0.2) is 5.96 Å². The summed E-state index contributed by atoms with van der Waals surface area (Å²) in [7, 11) is 1.62. The first kappa shape index (κ1) is 25.3. The topological polar surface area (TPSA) is 69.1 Å². The Morgan fingerprint density at radius 3 is 2.68 bits per heavy atom. The quantitative estimate of drug-likeness (QED) is 0.281. The molecule has 170 valence electrons. The third-order valence-electron chi connectivity index (χ3n) is 5.62. The van der Waals surface area contributed by atoms with Gasteiger partial charge in [-0.2, -0.15) is 0 Å². The molecule has 0 amide bonds. The number of halogens is 1. The van der Waals surface area contributed by atoms with E-state index in [9.17, 15) is 5.11 Å². The summed E-state index contributed by atoms with van der Waals surface area (Å²) in [6.45, 7) is 7.60. The monoisotopic (exact) mass is 538 g/mol. The van der Waals surface area contributed by atoms with E-state index in [4.69, 9.17) is 9.73 Å². The van der Waals surface area contributed by atoms with Crippen LogP contribution in [-0.4, -0.2) is 48.2 Å². The molecule has 0 saturated carbocycles. The standard InChI is InChI=1S/C24H34N4O2.HI/c1-4-25-24(26-16-20-15-22(30-3)10-11-23(20)29)27-21-12-13-28(18(2)14-21)17-19-8-6-5-7-9-19;/h5-11,15,18,21,29H,4,12-14,16-17H2,1-3H3,(H2,25,26,27);1H. The number of nitrogens with zero attached hydrogens (tertiary/aromatic N) is 2. The Bertz CT molecular complexity index is 832. The lowest BCUT2D eigenvalue weighted by molar-refractivity contribution is 0.134. The van der Waals surface area contributed by atoms with Crippen LogP contribution in [0, 0.1) is 0 Å². The van der Waals surface area contributed by atoms with Crippen molar-refractivity contribution >= 4 is 29.9 Å². The Morgan fingerprint density at radius 2 is 2.00 bits per heavy atom. The third kappa shape index (κ3) is 7.57. The van der Waals surface area contributed by atoms with Crippen LogP contribution in [0.5, 0.6) is 11.5 Å². The van der Waals surface area contributed by atoms with Crippen LogP contribution < -0.4 is 15.4 Å². The molecule has 2 aromatic rings. The fraction of sp³-hybridized carbons (Fsp3) is 0.458. The van der Waals surface area contributed by atoms with Gasteiger partial charge in [-0.1, -0.05) is 30.3 Å². The van der Waals surface area contributed by atoms with Crippen molar-refractivity contribution in [3.63, 3.8) is 0 Å². The molecule has 6 nitrogen and oxygen atoms in total. The average molecular weight is 538 g/mol. The van der Waals surface area contributed by atoms with Gasteiger partial charge in [0, 0.05) is 37.3 Å². The predicted molar refractivity (Wildman–Crippen MR) is 137 cm³/mol. The number of ether oxygens (including phenoxy) is 1. The van der Waals surface area contributed by atoms with Crippen LogP contribution in [0.15, 0.2) is 53.5 Å². The molecule has 2 aromatic carbocycles. The highest BCUT2D eigenvalue weighted by molar-refractivity contribution is 14.0. The maximum Gasteiger partial charge on any atom is 0.191 e. The van der Waals surface area contributed by atoms with Crippen LogP contribution in [0.25, 0.3) is 0 Å². The minimum absolute atomic E-state index is 0. The minimum atomic E-state index is 0. The summed E-state index contributed by atoms with van der Waals surface area (Å²) in [6, 6.07) is 16.8. The summed E-state index contributed by atoms with van der Waals surface area (Å²) < 4.78 is 5.25. The molecule has 1 aliphatic heterocycles. The van der Waals surface area contributed by atoms with Crippen molar-refractivity contribution in [2.24, 2.45) is 4.99 Å². The first-order valence-electron chi connectivity index (χ1n) is 10.8. The number of aliphatic imine (C=N–C) groups is 1. The number of guanidine groups is 1. The maximum absolute atomic E-state index is 10.1. The molecule has 0 radical (unpaired) electrons. The van der Waals surface area contributed by atoms with E-state index in [0.717, 1.165) is 49.7 Å². The first-order valence-corrected chi connectivity index (χ1v) is 10.8. The lowest BCUT2D eigenvalue weighted by atomic mass is 9.97. The number of benzene rings is 2. The lowest BCUT2D eigenvalue weighted by Crippen LogP contribution is -2.51. The van der Waals surface area contributed by atoms with Gasteiger partial charge in [-0.15, -0.1) is 24.0 Å². The fourth-order valence-electron chi connectivity index (χ4n) is 3.90. The Morgan fingerprint density at radius 1 is 1.23 bits per heavy atom. The number of phenols is 1. The zero-order chi connectivity index (χ0) is 21.3. The van der Waals surface area contributed by atoms with Gasteiger partial charge < -0.3 is 20.5 Å². The lowest BCUT2D eigenvalue weighted by Gasteiger charge is -2.38. The number of hydrogen-bond donors (Lipinski definition) is 3. The van der Waals surface area contributed by atoms with Gasteiger partial charge in [-0.3, -0.25) is 4.90 Å². The van der Waals surface area contributed by atoms with E-state index in [1.807, 2.05) is 6.07 Å². The van der Waals surface area contributed by atoms with Gasteiger partial charge in [-0.05, 0) is 50.5 Å². The van der Waals surface area contributed by atoms with E-state index in [0.29, 0.717) is 18.6 Å². The van der Waals surface area contributed by atoms with Crippen molar-refractivity contribution in [1.29, 1.82) is 0 Å². The molecule has 7 heteroatoms. The summed E-state index contributed by atoms with van der Waals surface area (Å²) >= 11 is 0. The number of hydrogen-bond acceptors (Lipinski definition) is 4. The van der Waals surface area contributed by atoms with Gasteiger partial charge in [0.2, 0.25) is 0 Å². The Balaban J connectivity index is 0.00000341. The maximum atomic E-state index is 10.1. The molecule has 3 N–H and O–H groups in total. The van der Waals surface area contributed by atoms with E-state index in [-0.39, 0.29) is 29.7 Å². The van der Waals surface area contributed by atoms with Gasteiger partial charge in [0.05, 0.1) is 13.7 Å². The van der Waals surface area contributed by atoms with Crippen molar-refractivity contribution in [3.05, 3.63) is 59.7 Å². The largest absolute Gasteiger partial charge is 0.508 e. The second-order valence-corrected chi connectivity index (χ2v) is 7.86. The van der Waals surface area contributed by atoms with Gasteiger partial charge in [-0.25, -0.2) is 4.99 Å². The SMILES string of the molecule is CCNC(=NCc1cc(OC)ccc1O)NC1CCN(Cc2ccccc2)C(C)C1.I. The molecule has 2 atom stereocenters. The summed E-state index contributed by atoms with van der Waals surface area (Å²) in [5.74, 6) is 1.74. The molecular formula is C24H35IN4O2. The normalized spacial score (nSPS) is 19.4. The van der Waals surface area contributed by atoms with Crippen LogP contribution in [0.2, 0.25) is 0 Å². The number of aromatic hydroxyl groups is 1. The highest BCUT2D eigenvalue weighted by atomic mass is 127. The highest BCUT2D eigenvalue weighted by Gasteiger charge is 2.26. The predicted octanol–water partition coefficient (Wildman–Crippen LogP) is 4.13. The molecule has 1 aliphatic rings. The van der Waals surface area contributed by atoms with Crippen molar-refractivity contribution in [3.8, 4) is 11.5 Å². The van der Waals surface area contributed by atoms with Crippen LogP contribution >= 0.6 is 24.0 Å². The fourth-order valence-corrected chi connectivity index (χ4v) is 3.90. The van der Waals surface area contributed by atoms with Crippen molar-refractivity contribution in [1.82, 2.24) is 15.5 Å². The number of phenolic OH excluding ortho intramolecular Hbond substituents is 1. The Kier molecular flexibility index (Phi) is 10.4. The van der Waals surface area contributed by atoms with E-state index in [1.54, 1.807) is 19.2 Å². The second kappa shape index (κ2) is 12.8. The molecule has 31 heavy (non-hydrogen) atoms. The molecule has 1 saturated heterocycles. The van der Waals surface area contributed by atoms with Crippen molar-refractivity contribution < 1.29 is 9.84 Å². The van der Waals surface area contributed by atoms with Crippen LogP contribution in [0.4, 0.5) is 0 Å². The molecule has 0 bridgehead atoms. The average Bonchev–Trinajstić information content (AvgIpc) is 2.76. The zero-order valence-electron chi connectivity index (χ0n) is 18.7. The van der Waals surface area contributed by atoms with Gasteiger partial charge in [0.25, 0.3) is 0 Å². The van der Waals surface area contributed by atoms with E-state index >= 15 is 0 Å². The zero-order valence-corrected chi connectivity index (χ0v) is 21.0. The van der Waals surface area contributed by atoms with Crippen LogP contribution in [0.3, 0.4) is 0 Å². The Labute approximate surface area is 203 Å². The number of methoxy groups -OCH3 is 1. The van der Waals surface area contributed by atoms with Crippen molar-refractivity contribution in [2.75, 3.05) is 20.2 Å². The third-order valence-corrected chi connectivity index (χ3v) is 5.62.